The third-order valence-electron chi connectivity index (χ3n) is 2.38. The van der Waals surface area contributed by atoms with Gasteiger partial charge >= 0.3 is 0 Å². The molecule has 0 heterocycles. The zero-order valence-corrected chi connectivity index (χ0v) is 9.40. The summed E-state index contributed by atoms with van der Waals surface area (Å²) in [7, 11) is 0. The van der Waals surface area contributed by atoms with Gasteiger partial charge in [0.15, 0.2) is 0 Å². The lowest BCUT2D eigenvalue weighted by Crippen LogP contribution is -1.91. The van der Waals surface area contributed by atoms with Crippen LogP contribution in [0.3, 0.4) is 0 Å². The third kappa shape index (κ3) is 2.77. The number of hydrogen-bond acceptors (Lipinski definition) is 1. The molecule has 1 aromatic carbocycles. The fourth-order valence-corrected chi connectivity index (χ4v) is 1.92. The minimum absolute atomic E-state index is 1.08. The van der Waals surface area contributed by atoms with Gasteiger partial charge in [-0.05, 0) is 30.4 Å². The molecule has 0 amide bonds. The van der Waals surface area contributed by atoms with Crippen molar-refractivity contribution in [2.45, 2.75) is 44.4 Å². The molecule has 1 heteroatoms. The summed E-state index contributed by atoms with van der Waals surface area (Å²) in [5.74, 6) is 0. The molecule has 1 aromatic rings. The molecule has 0 aliphatic heterocycles. The largest absolute Gasteiger partial charge is 0.143 e. The molecule has 0 aliphatic carbocycles. The minimum Gasteiger partial charge on any atom is -0.143 e. The summed E-state index contributed by atoms with van der Waals surface area (Å²) in [6.45, 7) is 4.40. The van der Waals surface area contributed by atoms with E-state index < -0.39 is 0 Å². The van der Waals surface area contributed by atoms with E-state index in [1.54, 1.807) is 0 Å². The number of thiol groups is 1. The highest BCUT2D eigenvalue weighted by Gasteiger charge is 2.01. The SMILES string of the molecule is CCCCc1cccc(CC)c1S. The summed E-state index contributed by atoms with van der Waals surface area (Å²) in [5, 5.41) is 0. The minimum atomic E-state index is 1.08. The molecule has 0 nitrogen and oxygen atoms in total. The number of benzene rings is 1. The van der Waals surface area contributed by atoms with Crippen LogP contribution in [0.25, 0.3) is 0 Å². The lowest BCUT2D eigenvalue weighted by atomic mass is 10.0. The fourth-order valence-electron chi connectivity index (χ4n) is 1.50. The lowest BCUT2D eigenvalue weighted by Gasteiger charge is -2.08. The Hall–Kier alpha value is -0.430. The molecule has 0 saturated carbocycles. The van der Waals surface area contributed by atoms with Crippen LogP contribution in [0.4, 0.5) is 0 Å². The van der Waals surface area contributed by atoms with Gasteiger partial charge in [-0.1, -0.05) is 38.5 Å². The molecule has 1 rings (SSSR count). The van der Waals surface area contributed by atoms with Crippen molar-refractivity contribution in [1.29, 1.82) is 0 Å². The number of unbranched alkanes of at least 4 members (excludes halogenated alkanes) is 1. The van der Waals surface area contributed by atoms with Crippen LogP contribution in [0.1, 0.15) is 37.8 Å². The van der Waals surface area contributed by atoms with Crippen molar-refractivity contribution in [2.75, 3.05) is 0 Å². The second-order valence-electron chi connectivity index (χ2n) is 3.38. The predicted molar refractivity (Wildman–Crippen MR) is 61.7 cm³/mol. The molecular formula is C12H18S. The van der Waals surface area contributed by atoms with Crippen LogP contribution in [0.2, 0.25) is 0 Å². The molecule has 0 atom stereocenters. The first-order valence-electron chi connectivity index (χ1n) is 5.09. The molecule has 72 valence electrons. The van der Waals surface area contributed by atoms with Gasteiger partial charge in [-0.2, -0.15) is 0 Å². The molecule has 0 radical (unpaired) electrons. The van der Waals surface area contributed by atoms with Crippen LogP contribution < -0.4 is 0 Å². The van der Waals surface area contributed by atoms with Gasteiger partial charge in [-0.15, -0.1) is 12.6 Å². The second kappa shape index (κ2) is 5.33. The van der Waals surface area contributed by atoms with Gasteiger partial charge in [-0.3, -0.25) is 0 Å². The Morgan fingerprint density at radius 3 is 2.46 bits per heavy atom. The van der Waals surface area contributed by atoms with E-state index in [0.717, 1.165) is 6.42 Å². The highest BCUT2D eigenvalue weighted by molar-refractivity contribution is 7.80. The first-order chi connectivity index (χ1) is 6.29. The maximum absolute atomic E-state index is 4.56. The number of rotatable bonds is 4. The number of aryl methyl sites for hydroxylation is 2. The van der Waals surface area contributed by atoms with E-state index in [9.17, 15) is 0 Å². The number of hydrogen-bond donors (Lipinski definition) is 1. The zero-order chi connectivity index (χ0) is 9.68. The van der Waals surface area contributed by atoms with Crippen molar-refractivity contribution in [3.63, 3.8) is 0 Å². The summed E-state index contributed by atoms with van der Waals surface area (Å²) >= 11 is 4.56. The van der Waals surface area contributed by atoms with Gasteiger partial charge in [0.25, 0.3) is 0 Å². The molecule has 0 unspecified atom stereocenters. The highest BCUT2D eigenvalue weighted by Crippen LogP contribution is 2.21. The molecule has 0 bridgehead atoms. The summed E-state index contributed by atoms with van der Waals surface area (Å²) in [5.41, 5.74) is 2.78. The first kappa shape index (κ1) is 10.6. The van der Waals surface area contributed by atoms with Gasteiger partial charge in [0.1, 0.15) is 0 Å². The van der Waals surface area contributed by atoms with Crippen molar-refractivity contribution >= 4 is 12.6 Å². The van der Waals surface area contributed by atoms with Crippen LogP contribution in [-0.4, -0.2) is 0 Å². The Morgan fingerprint density at radius 1 is 1.15 bits per heavy atom. The molecule has 0 N–H and O–H groups in total. The van der Waals surface area contributed by atoms with E-state index in [2.05, 4.69) is 44.7 Å². The van der Waals surface area contributed by atoms with E-state index in [1.807, 2.05) is 0 Å². The highest BCUT2D eigenvalue weighted by atomic mass is 32.1. The van der Waals surface area contributed by atoms with Crippen molar-refractivity contribution in [2.24, 2.45) is 0 Å². The first-order valence-corrected chi connectivity index (χ1v) is 5.54. The van der Waals surface area contributed by atoms with Gasteiger partial charge in [-0.25, -0.2) is 0 Å². The molecule has 0 aliphatic rings. The average Bonchev–Trinajstić information content (AvgIpc) is 2.16. The molecule has 0 spiro atoms. The Bertz CT molecular complexity index is 266. The zero-order valence-electron chi connectivity index (χ0n) is 8.51. The fraction of sp³-hybridized carbons (Fsp3) is 0.500. The topological polar surface area (TPSA) is 0 Å². The molecular weight excluding hydrogens is 176 g/mol. The lowest BCUT2D eigenvalue weighted by molar-refractivity contribution is 0.782. The Morgan fingerprint density at radius 2 is 1.85 bits per heavy atom. The smallest absolute Gasteiger partial charge is 0.0104 e. The predicted octanol–water partition coefficient (Wildman–Crippen LogP) is 3.88. The van der Waals surface area contributed by atoms with E-state index in [1.165, 1.54) is 35.3 Å². The Labute approximate surface area is 86.8 Å². The van der Waals surface area contributed by atoms with Gasteiger partial charge in [0, 0.05) is 4.90 Å². The van der Waals surface area contributed by atoms with E-state index in [-0.39, 0.29) is 0 Å². The molecule has 0 fully saturated rings. The van der Waals surface area contributed by atoms with E-state index in [4.69, 9.17) is 0 Å². The van der Waals surface area contributed by atoms with Gasteiger partial charge in [0.2, 0.25) is 0 Å². The summed E-state index contributed by atoms with van der Waals surface area (Å²) < 4.78 is 0. The normalized spacial score (nSPS) is 10.4. The van der Waals surface area contributed by atoms with Crippen molar-refractivity contribution in [3.8, 4) is 0 Å². The van der Waals surface area contributed by atoms with Crippen LogP contribution in [-0.2, 0) is 12.8 Å². The Kier molecular flexibility index (Phi) is 4.37. The summed E-state index contributed by atoms with van der Waals surface area (Å²) in [4.78, 5) is 1.21. The van der Waals surface area contributed by atoms with Gasteiger partial charge < -0.3 is 0 Å². The standard InChI is InChI=1S/C12H18S/c1-3-5-7-11-9-6-8-10(4-2)12(11)13/h6,8-9,13H,3-5,7H2,1-2H3. The quantitative estimate of drug-likeness (QED) is 0.691. The average molecular weight is 194 g/mol. The molecule has 0 aromatic heterocycles. The van der Waals surface area contributed by atoms with Crippen LogP contribution >= 0.6 is 12.6 Å². The van der Waals surface area contributed by atoms with Crippen LogP contribution in [0.15, 0.2) is 23.1 Å². The molecule has 13 heavy (non-hydrogen) atoms. The van der Waals surface area contributed by atoms with Crippen LogP contribution in [0, 0.1) is 0 Å². The van der Waals surface area contributed by atoms with E-state index in [0.29, 0.717) is 0 Å². The molecule has 0 saturated heterocycles. The maximum atomic E-state index is 4.56. The second-order valence-corrected chi connectivity index (χ2v) is 3.83. The monoisotopic (exact) mass is 194 g/mol. The summed E-state index contributed by atoms with van der Waals surface area (Å²) in [6.07, 6.45) is 4.77. The maximum Gasteiger partial charge on any atom is 0.0104 e. The van der Waals surface area contributed by atoms with Crippen molar-refractivity contribution in [1.82, 2.24) is 0 Å². The van der Waals surface area contributed by atoms with Crippen molar-refractivity contribution in [3.05, 3.63) is 29.3 Å². The van der Waals surface area contributed by atoms with Crippen LogP contribution in [0.5, 0.6) is 0 Å². The van der Waals surface area contributed by atoms with Crippen molar-refractivity contribution < 1.29 is 0 Å². The summed E-state index contributed by atoms with van der Waals surface area (Å²) in [6, 6.07) is 6.50. The third-order valence-corrected chi connectivity index (χ3v) is 2.96. The Balaban J connectivity index is 2.81. The van der Waals surface area contributed by atoms with Gasteiger partial charge in [0.05, 0.1) is 0 Å². The van der Waals surface area contributed by atoms with E-state index >= 15 is 0 Å².